The first-order valence-electron chi connectivity index (χ1n) is 3.98. The van der Waals surface area contributed by atoms with E-state index in [9.17, 15) is 9.59 Å². The average molecular weight is 172 g/mol. The van der Waals surface area contributed by atoms with Crippen molar-refractivity contribution in [1.29, 1.82) is 0 Å². The summed E-state index contributed by atoms with van der Waals surface area (Å²) in [5, 5.41) is 0. The van der Waals surface area contributed by atoms with Gasteiger partial charge in [-0.2, -0.15) is 0 Å². The number of hydrogen-bond donors (Lipinski definition) is 0. The molecule has 4 nitrogen and oxygen atoms in total. The van der Waals surface area contributed by atoms with Crippen LogP contribution in [0.5, 0.6) is 0 Å². The largest absolute Gasteiger partial charge is 0.425 e. The minimum absolute atomic E-state index is 0.0102. The molecule has 68 valence electrons. The van der Waals surface area contributed by atoms with E-state index in [1.54, 1.807) is 0 Å². The fourth-order valence-corrected chi connectivity index (χ4v) is 0.877. The lowest BCUT2D eigenvalue weighted by atomic mass is 10.2. The molecule has 0 radical (unpaired) electrons. The van der Waals surface area contributed by atoms with Crippen molar-refractivity contribution in [2.75, 3.05) is 0 Å². The smallest absolute Gasteiger partial charge is 0.309 e. The van der Waals surface area contributed by atoms with Crippen molar-refractivity contribution in [1.82, 2.24) is 0 Å². The molecule has 0 atom stereocenters. The molecule has 0 spiro atoms. The molecule has 1 rings (SSSR count). The van der Waals surface area contributed by atoms with Gasteiger partial charge in [-0.1, -0.05) is 13.8 Å². The van der Waals surface area contributed by atoms with Crippen LogP contribution in [0.4, 0.5) is 0 Å². The topological polar surface area (TPSA) is 52.6 Å². The second kappa shape index (κ2) is 3.56. The summed E-state index contributed by atoms with van der Waals surface area (Å²) < 4.78 is 9.72. The van der Waals surface area contributed by atoms with E-state index in [-0.39, 0.29) is 30.7 Å². The van der Waals surface area contributed by atoms with Crippen LogP contribution in [-0.4, -0.2) is 18.2 Å². The molecular weight excluding hydrogens is 160 g/mol. The van der Waals surface area contributed by atoms with Crippen LogP contribution in [0, 0.1) is 5.92 Å². The van der Waals surface area contributed by atoms with Crippen molar-refractivity contribution in [3.8, 4) is 0 Å². The van der Waals surface area contributed by atoms with Gasteiger partial charge >= 0.3 is 11.9 Å². The molecule has 0 amide bonds. The van der Waals surface area contributed by atoms with Crippen molar-refractivity contribution in [3.63, 3.8) is 0 Å². The SMILES string of the molecule is CC(C)C1OC(=O)CCC(=O)O1. The van der Waals surface area contributed by atoms with Gasteiger partial charge in [-0.3, -0.25) is 9.59 Å². The third kappa shape index (κ3) is 2.22. The van der Waals surface area contributed by atoms with Crippen molar-refractivity contribution in [2.24, 2.45) is 5.92 Å². The van der Waals surface area contributed by atoms with Crippen LogP contribution in [0.3, 0.4) is 0 Å². The Morgan fingerprint density at radius 3 is 1.92 bits per heavy atom. The van der Waals surface area contributed by atoms with Gasteiger partial charge < -0.3 is 9.47 Å². The van der Waals surface area contributed by atoms with Crippen LogP contribution in [0.15, 0.2) is 0 Å². The van der Waals surface area contributed by atoms with E-state index in [1.807, 2.05) is 13.8 Å². The van der Waals surface area contributed by atoms with E-state index in [4.69, 9.17) is 9.47 Å². The molecule has 0 aromatic rings. The molecule has 1 saturated heterocycles. The molecular formula is C8H12O4. The molecule has 1 heterocycles. The third-order valence-corrected chi connectivity index (χ3v) is 1.57. The highest BCUT2D eigenvalue weighted by atomic mass is 16.7. The predicted octanol–water partition coefficient (Wildman–Crippen LogP) is 0.849. The van der Waals surface area contributed by atoms with Gasteiger partial charge in [-0.15, -0.1) is 0 Å². The van der Waals surface area contributed by atoms with E-state index in [0.29, 0.717) is 0 Å². The van der Waals surface area contributed by atoms with Gasteiger partial charge in [0.15, 0.2) is 0 Å². The molecule has 0 saturated carbocycles. The van der Waals surface area contributed by atoms with Gasteiger partial charge in [0.1, 0.15) is 0 Å². The summed E-state index contributed by atoms with van der Waals surface area (Å²) in [6, 6.07) is 0. The van der Waals surface area contributed by atoms with Crippen LogP contribution in [0.25, 0.3) is 0 Å². The van der Waals surface area contributed by atoms with Crippen LogP contribution in [-0.2, 0) is 19.1 Å². The first kappa shape index (κ1) is 9.03. The van der Waals surface area contributed by atoms with Gasteiger partial charge in [0.25, 0.3) is 0 Å². The lowest BCUT2D eigenvalue weighted by Gasteiger charge is -2.17. The molecule has 1 fully saturated rings. The molecule has 1 aliphatic rings. The summed E-state index contributed by atoms with van der Waals surface area (Å²) in [6.45, 7) is 3.66. The second-order valence-electron chi connectivity index (χ2n) is 3.09. The highest BCUT2D eigenvalue weighted by Gasteiger charge is 2.26. The lowest BCUT2D eigenvalue weighted by molar-refractivity contribution is -0.188. The molecule has 1 aliphatic heterocycles. The van der Waals surface area contributed by atoms with E-state index < -0.39 is 6.29 Å². The maximum Gasteiger partial charge on any atom is 0.309 e. The number of carbonyl (C=O) groups excluding carboxylic acids is 2. The minimum Gasteiger partial charge on any atom is -0.425 e. The first-order valence-corrected chi connectivity index (χ1v) is 3.98. The van der Waals surface area contributed by atoms with Crippen molar-refractivity contribution in [2.45, 2.75) is 33.0 Å². The molecule has 0 aromatic carbocycles. The zero-order valence-corrected chi connectivity index (χ0v) is 7.20. The van der Waals surface area contributed by atoms with Gasteiger partial charge in [-0.25, -0.2) is 0 Å². The quantitative estimate of drug-likeness (QED) is 0.550. The number of hydrogen-bond acceptors (Lipinski definition) is 4. The van der Waals surface area contributed by atoms with E-state index in [1.165, 1.54) is 0 Å². The number of rotatable bonds is 1. The highest BCUT2D eigenvalue weighted by Crippen LogP contribution is 2.15. The van der Waals surface area contributed by atoms with Crippen LogP contribution < -0.4 is 0 Å². The molecule has 0 N–H and O–H groups in total. The standard InChI is InChI=1S/C8H12O4/c1-5(2)8-11-6(9)3-4-7(10)12-8/h5,8H,3-4H2,1-2H3. The lowest BCUT2D eigenvalue weighted by Crippen LogP contribution is -2.25. The number of cyclic esters (lactones) is 2. The monoisotopic (exact) mass is 172 g/mol. The summed E-state index contributed by atoms with van der Waals surface area (Å²) in [4.78, 5) is 21.8. The van der Waals surface area contributed by atoms with Crippen molar-refractivity contribution >= 4 is 11.9 Å². The van der Waals surface area contributed by atoms with E-state index in [0.717, 1.165) is 0 Å². The Hall–Kier alpha value is -1.06. The summed E-state index contributed by atoms with van der Waals surface area (Å²) in [5.41, 5.74) is 0. The van der Waals surface area contributed by atoms with Gasteiger partial charge in [0.05, 0.1) is 12.8 Å². The predicted molar refractivity (Wildman–Crippen MR) is 40.0 cm³/mol. The first-order chi connectivity index (χ1) is 5.59. The molecule has 0 bridgehead atoms. The van der Waals surface area contributed by atoms with Gasteiger partial charge in [0, 0.05) is 5.92 Å². The fourth-order valence-electron chi connectivity index (χ4n) is 0.877. The number of carbonyl (C=O) groups is 2. The molecule has 12 heavy (non-hydrogen) atoms. The Bertz CT molecular complexity index is 179. The Labute approximate surface area is 70.8 Å². The molecule has 0 unspecified atom stereocenters. The summed E-state index contributed by atoms with van der Waals surface area (Å²) in [5.74, 6) is -0.713. The fraction of sp³-hybridized carbons (Fsp3) is 0.750. The number of ether oxygens (including phenoxy) is 2. The zero-order valence-electron chi connectivity index (χ0n) is 7.20. The zero-order chi connectivity index (χ0) is 9.14. The van der Waals surface area contributed by atoms with Crippen molar-refractivity contribution < 1.29 is 19.1 Å². The summed E-state index contributed by atoms with van der Waals surface area (Å²) in [6.07, 6.45) is -0.447. The maximum absolute atomic E-state index is 10.9. The van der Waals surface area contributed by atoms with Gasteiger partial charge in [0.2, 0.25) is 6.29 Å². The molecule has 0 aromatic heterocycles. The highest BCUT2D eigenvalue weighted by molar-refractivity contribution is 5.79. The Morgan fingerprint density at radius 2 is 1.58 bits per heavy atom. The maximum atomic E-state index is 10.9. The summed E-state index contributed by atoms with van der Waals surface area (Å²) >= 11 is 0. The molecule has 4 heteroatoms. The Balaban J connectivity index is 2.61. The second-order valence-corrected chi connectivity index (χ2v) is 3.09. The van der Waals surface area contributed by atoms with E-state index in [2.05, 4.69) is 0 Å². The Morgan fingerprint density at radius 1 is 1.17 bits per heavy atom. The van der Waals surface area contributed by atoms with Crippen LogP contribution in [0.2, 0.25) is 0 Å². The normalized spacial score (nSPS) is 20.2. The van der Waals surface area contributed by atoms with Gasteiger partial charge in [-0.05, 0) is 0 Å². The minimum atomic E-state index is -0.701. The molecule has 0 aliphatic carbocycles. The average Bonchev–Trinajstić information content (AvgIpc) is 2.13. The Kier molecular flexibility index (Phi) is 2.68. The van der Waals surface area contributed by atoms with E-state index >= 15 is 0 Å². The third-order valence-electron chi connectivity index (χ3n) is 1.57. The number of esters is 2. The van der Waals surface area contributed by atoms with Crippen LogP contribution in [0.1, 0.15) is 26.7 Å². The summed E-state index contributed by atoms with van der Waals surface area (Å²) in [7, 11) is 0. The van der Waals surface area contributed by atoms with Crippen molar-refractivity contribution in [3.05, 3.63) is 0 Å². The van der Waals surface area contributed by atoms with Crippen LogP contribution >= 0.6 is 0 Å².